The number of hydrogen-bond donors (Lipinski definition) is 1. The van der Waals surface area contributed by atoms with Gasteiger partial charge in [-0.05, 0) is 49.6 Å². The minimum atomic E-state index is -0.583. The molecule has 1 rings (SSSR count). The minimum absolute atomic E-state index is 0.180. The van der Waals surface area contributed by atoms with Gasteiger partial charge in [-0.1, -0.05) is 0 Å². The summed E-state index contributed by atoms with van der Waals surface area (Å²) < 4.78 is 10.1. The van der Waals surface area contributed by atoms with Crippen LogP contribution in [0.1, 0.15) is 13.3 Å². The van der Waals surface area contributed by atoms with E-state index in [1.54, 1.807) is 11.8 Å². The standard InChI is InChI=1S/C16H23NO4S2/c1-4-21-12-5-7-13(8-6-12)23-11-15(18)17-14(9-10-22-3)16(19)20-2/h5-8,14H,4,9-11H2,1-3H3,(H,17,18)/t14-/m1/s1. The first-order valence-electron chi connectivity index (χ1n) is 7.32. The minimum Gasteiger partial charge on any atom is -0.494 e. The Hall–Kier alpha value is -1.34. The molecule has 1 atom stereocenters. The van der Waals surface area contributed by atoms with Gasteiger partial charge in [-0.2, -0.15) is 11.8 Å². The second-order valence-electron chi connectivity index (χ2n) is 4.62. The average molecular weight is 357 g/mol. The summed E-state index contributed by atoms with van der Waals surface area (Å²) in [5.74, 6) is 1.26. The lowest BCUT2D eigenvalue weighted by molar-refractivity contribution is -0.144. The predicted molar refractivity (Wildman–Crippen MR) is 95.3 cm³/mol. The Morgan fingerprint density at radius 3 is 2.52 bits per heavy atom. The molecule has 0 heterocycles. The van der Waals surface area contributed by atoms with E-state index >= 15 is 0 Å². The van der Waals surface area contributed by atoms with Crippen LogP contribution in [0.5, 0.6) is 5.75 Å². The fourth-order valence-corrected chi connectivity index (χ4v) is 2.99. The van der Waals surface area contributed by atoms with Crippen LogP contribution in [-0.2, 0) is 14.3 Å². The van der Waals surface area contributed by atoms with Crippen LogP contribution < -0.4 is 10.1 Å². The summed E-state index contributed by atoms with van der Waals surface area (Å²) in [6.07, 6.45) is 2.52. The summed E-state index contributed by atoms with van der Waals surface area (Å²) in [6, 6.07) is 6.99. The largest absolute Gasteiger partial charge is 0.494 e. The van der Waals surface area contributed by atoms with E-state index in [9.17, 15) is 9.59 Å². The molecule has 1 amide bonds. The summed E-state index contributed by atoms with van der Waals surface area (Å²) in [5, 5.41) is 2.73. The molecule has 0 aromatic heterocycles. The molecule has 0 saturated carbocycles. The van der Waals surface area contributed by atoms with Gasteiger partial charge in [-0.3, -0.25) is 4.79 Å². The second-order valence-corrected chi connectivity index (χ2v) is 6.65. The van der Waals surface area contributed by atoms with Crippen molar-refractivity contribution in [1.29, 1.82) is 0 Å². The molecule has 128 valence electrons. The van der Waals surface area contributed by atoms with Gasteiger partial charge < -0.3 is 14.8 Å². The van der Waals surface area contributed by atoms with Gasteiger partial charge in [0.2, 0.25) is 5.91 Å². The zero-order chi connectivity index (χ0) is 17.1. The van der Waals surface area contributed by atoms with Gasteiger partial charge in [0, 0.05) is 4.90 Å². The molecule has 7 heteroatoms. The molecule has 0 aliphatic heterocycles. The second kappa shape index (κ2) is 11.2. The highest BCUT2D eigenvalue weighted by Crippen LogP contribution is 2.21. The van der Waals surface area contributed by atoms with Gasteiger partial charge in [-0.15, -0.1) is 11.8 Å². The first-order chi connectivity index (χ1) is 11.1. The van der Waals surface area contributed by atoms with Crippen molar-refractivity contribution in [1.82, 2.24) is 5.32 Å². The molecule has 5 nitrogen and oxygen atoms in total. The van der Waals surface area contributed by atoms with Gasteiger partial charge in [0.25, 0.3) is 0 Å². The third kappa shape index (κ3) is 7.65. The number of hydrogen-bond acceptors (Lipinski definition) is 6. The maximum absolute atomic E-state index is 12.0. The summed E-state index contributed by atoms with van der Waals surface area (Å²) >= 11 is 3.04. The maximum Gasteiger partial charge on any atom is 0.328 e. The van der Waals surface area contributed by atoms with Gasteiger partial charge in [-0.25, -0.2) is 4.79 Å². The number of benzene rings is 1. The lowest BCUT2D eigenvalue weighted by Crippen LogP contribution is -2.42. The Morgan fingerprint density at radius 2 is 1.96 bits per heavy atom. The first-order valence-corrected chi connectivity index (χ1v) is 9.70. The molecule has 0 bridgehead atoms. The molecular weight excluding hydrogens is 334 g/mol. The Morgan fingerprint density at radius 1 is 1.26 bits per heavy atom. The molecule has 0 unspecified atom stereocenters. The van der Waals surface area contributed by atoms with Crippen molar-refractivity contribution in [3.8, 4) is 5.75 Å². The van der Waals surface area contributed by atoms with Crippen molar-refractivity contribution in [3.63, 3.8) is 0 Å². The Bertz CT molecular complexity index is 493. The molecule has 0 spiro atoms. The fraction of sp³-hybridized carbons (Fsp3) is 0.500. The third-order valence-corrected chi connectivity index (χ3v) is 4.59. The molecule has 1 aromatic carbocycles. The third-order valence-electron chi connectivity index (χ3n) is 2.94. The van der Waals surface area contributed by atoms with Crippen molar-refractivity contribution in [2.75, 3.05) is 31.5 Å². The fourth-order valence-electron chi connectivity index (χ4n) is 1.81. The van der Waals surface area contributed by atoms with E-state index in [4.69, 9.17) is 9.47 Å². The maximum atomic E-state index is 12.0. The van der Waals surface area contributed by atoms with Crippen LogP contribution in [-0.4, -0.2) is 49.4 Å². The summed E-state index contributed by atoms with van der Waals surface area (Å²) in [4.78, 5) is 24.6. The normalized spacial score (nSPS) is 11.6. The number of methoxy groups -OCH3 is 1. The van der Waals surface area contributed by atoms with Gasteiger partial charge in [0.1, 0.15) is 11.8 Å². The number of carbonyl (C=O) groups excluding carboxylic acids is 2. The van der Waals surface area contributed by atoms with Crippen molar-refractivity contribution < 1.29 is 19.1 Å². The Labute approximate surface area is 145 Å². The SMILES string of the molecule is CCOc1ccc(SCC(=O)N[C@H](CCSC)C(=O)OC)cc1. The van der Waals surface area contributed by atoms with E-state index in [1.165, 1.54) is 18.9 Å². The molecule has 0 aliphatic carbocycles. The zero-order valence-electron chi connectivity index (χ0n) is 13.7. The number of thioether (sulfide) groups is 2. The molecule has 1 N–H and O–H groups in total. The highest BCUT2D eigenvalue weighted by atomic mass is 32.2. The smallest absolute Gasteiger partial charge is 0.328 e. The first kappa shape index (κ1) is 19.7. The molecule has 1 aromatic rings. The number of nitrogens with one attached hydrogen (secondary N) is 1. The molecule has 0 aliphatic rings. The number of rotatable bonds is 10. The zero-order valence-corrected chi connectivity index (χ0v) is 15.3. The number of carbonyl (C=O) groups is 2. The van der Waals surface area contributed by atoms with Gasteiger partial charge in [0.15, 0.2) is 0 Å². The van der Waals surface area contributed by atoms with Crippen molar-refractivity contribution in [2.24, 2.45) is 0 Å². The lowest BCUT2D eigenvalue weighted by Gasteiger charge is -2.15. The molecular formula is C16H23NO4S2. The van der Waals surface area contributed by atoms with Crippen LogP contribution in [0.15, 0.2) is 29.2 Å². The Balaban J connectivity index is 2.46. The quantitative estimate of drug-likeness (QED) is 0.513. The van der Waals surface area contributed by atoms with E-state index in [-0.39, 0.29) is 11.7 Å². The molecule has 0 fully saturated rings. The predicted octanol–water partition coefficient (Wildman–Crippen LogP) is 2.59. The van der Waals surface area contributed by atoms with Crippen molar-refractivity contribution in [2.45, 2.75) is 24.3 Å². The van der Waals surface area contributed by atoms with Gasteiger partial charge >= 0.3 is 5.97 Å². The Kier molecular flexibility index (Phi) is 9.63. The van der Waals surface area contributed by atoms with Crippen LogP contribution in [0.4, 0.5) is 0 Å². The van der Waals surface area contributed by atoms with Gasteiger partial charge in [0.05, 0.1) is 19.5 Å². The van der Waals surface area contributed by atoms with Crippen LogP contribution in [0.3, 0.4) is 0 Å². The highest BCUT2D eigenvalue weighted by Gasteiger charge is 2.20. The number of ether oxygens (including phenoxy) is 2. The number of amides is 1. The van der Waals surface area contributed by atoms with Crippen LogP contribution in [0, 0.1) is 0 Å². The summed E-state index contributed by atoms with van der Waals surface area (Å²) in [7, 11) is 1.33. The van der Waals surface area contributed by atoms with Crippen LogP contribution in [0.2, 0.25) is 0 Å². The molecule has 0 saturated heterocycles. The highest BCUT2D eigenvalue weighted by molar-refractivity contribution is 8.00. The van der Waals surface area contributed by atoms with Crippen molar-refractivity contribution in [3.05, 3.63) is 24.3 Å². The lowest BCUT2D eigenvalue weighted by atomic mass is 10.2. The van der Waals surface area contributed by atoms with Crippen molar-refractivity contribution >= 4 is 35.4 Å². The van der Waals surface area contributed by atoms with E-state index < -0.39 is 12.0 Å². The molecule has 0 radical (unpaired) electrons. The monoisotopic (exact) mass is 357 g/mol. The van der Waals surface area contributed by atoms with Crippen LogP contribution >= 0.6 is 23.5 Å². The van der Waals surface area contributed by atoms with E-state index in [1.807, 2.05) is 37.4 Å². The topological polar surface area (TPSA) is 64.6 Å². The van der Waals surface area contributed by atoms with E-state index in [2.05, 4.69) is 5.32 Å². The summed E-state index contributed by atoms with van der Waals surface area (Å²) in [6.45, 7) is 2.56. The summed E-state index contributed by atoms with van der Waals surface area (Å²) in [5.41, 5.74) is 0. The molecule has 23 heavy (non-hydrogen) atoms. The number of esters is 1. The average Bonchev–Trinajstić information content (AvgIpc) is 2.57. The van der Waals surface area contributed by atoms with E-state index in [0.717, 1.165) is 16.4 Å². The van der Waals surface area contributed by atoms with Crippen LogP contribution in [0.25, 0.3) is 0 Å². The van der Waals surface area contributed by atoms with E-state index in [0.29, 0.717) is 13.0 Å².